The summed E-state index contributed by atoms with van der Waals surface area (Å²) in [5.41, 5.74) is 0.703. The molecule has 0 bridgehead atoms. The Bertz CT molecular complexity index is 336. The maximum absolute atomic E-state index is 10.6. The highest BCUT2D eigenvalue weighted by Crippen LogP contribution is 2.24. The number of carbonyl (C=O) groups is 1. The molecule has 0 radical (unpaired) electrons. The summed E-state index contributed by atoms with van der Waals surface area (Å²) in [6.07, 6.45) is 0. The predicted molar refractivity (Wildman–Crippen MR) is 56.9 cm³/mol. The van der Waals surface area contributed by atoms with E-state index in [9.17, 15) is 9.90 Å². The van der Waals surface area contributed by atoms with Crippen molar-refractivity contribution in [3.63, 3.8) is 0 Å². The van der Waals surface area contributed by atoms with E-state index in [1.807, 2.05) is 22.6 Å². The molecule has 0 aliphatic carbocycles. The quantitative estimate of drug-likeness (QED) is 0.821. The highest BCUT2D eigenvalue weighted by molar-refractivity contribution is 14.1. The maximum Gasteiger partial charge on any atom is 0.310 e. The first-order valence-corrected chi connectivity index (χ1v) is 4.81. The van der Waals surface area contributed by atoms with Crippen LogP contribution in [0.5, 0.6) is 5.75 Å². The topological polar surface area (TPSA) is 57.5 Å². The molecule has 1 aromatic rings. The van der Waals surface area contributed by atoms with Crippen LogP contribution in [-0.2, 0) is 4.79 Å². The molecule has 1 unspecified atom stereocenters. The third kappa shape index (κ3) is 2.33. The van der Waals surface area contributed by atoms with Crippen molar-refractivity contribution in [2.24, 2.45) is 0 Å². The molecule has 1 aromatic carbocycles. The average molecular weight is 290 g/mol. The number of carboxylic acids is 1. The molecule has 0 saturated heterocycles. The molecule has 0 saturated carbocycles. The zero-order chi connectivity index (χ0) is 10.0. The minimum Gasteiger partial charge on any atom is -0.507 e. The number of phenols is 1. The van der Waals surface area contributed by atoms with E-state index in [0.29, 0.717) is 9.13 Å². The molecule has 0 fully saturated rings. The van der Waals surface area contributed by atoms with Gasteiger partial charge in [-0.3, -0.25) is 4.79 Å². The molecule has 3 nitrogen and oxygen atoms in total. The standard InChI is InChI=1S/C9H9IO3/c1-5(9(12)13)6-2-3-8(11)7(10)4-6/h2-5,11H,1H3,(H,12,13)/i10-2. The largest absolute Gasteiger partial charge is 0.507 e. The summed E-state index contributed by atoms with van der Waals surface area (Å²) >= 11 is 1.96. The first-order chi connectivity index (χ1) is 6.02. The zero-order valence-corrected chi connectivity index (χ0v) is 9.15. The molecule has 0 spiro atoms. The van der Waals surface area contributed by atoms with E-state index in [4.69, 9.17) is 5.11 Å². The second-order valence-corrected chi connectivity index (χ2v) is 3.93. The first kappa shape index (κ1) is 10.3. The Hall–Kier alpha value is -0.780. The van der Waals surface area contributed by atoms with E-state index in [-0.39, 0.29) is 5.75 Å². The maximum atomic E-state index is 10.6. The van der Waals surface area contributed by atoms with Gasteiger partial charge >= 0.3 is 5.97 Å². The highest BCUT2D eigenvalue weighted by Gasteiger charge is 2.14. The van der Waals surface area contributed by atoms with Crippen molar-refractivity contribution in [3.8, 4) is 5.75 Å². The number of aromatic hydroxyl groups is 1. The fourth-order valence-electron chi connectivity index (χ4n) is 0.935. The monoisotopic (exact) mass is 290 g/mol. The summed E-state index contributed by atoms with van der Waals surface area (Å²) in [4.78, 5) is 10.6. The van der Waals surface area contributed by atoms with Gasteiger partial charge in [-0.15, -0.1) is 0 Å². The number of benzene rings is 1. The molecule has 13 heavy (non-hydrogen) atoms. The molecular weight excluding hydrogens is 281 g/mol. The second kappa shape index (κ2) is 3.95. The Kier molecular flexibility index (Phi) is 3.13. The predicted octanol–water partition coefficient (Wildman–Crippen LogP) is 2.18. The second-order valence-electron chi connectivity index (χ2n) is 2.77. The van der Waals surface area contributed by atoms with Crippen molar-refractivity contribution in [2.45, 2.75) is 12.8 Å². The van der Waals surface area contributed by atoms with Gasteiger partial charge in [-0.1, -0.05) is 6.07 Å². The van der Waals surface area contributed by atoms with E-state index in [1.165, 1.54) is 6.07 Å². The normalized spacial score (nSPS) is 12.5. The van der Waals surface area contributed by atoms with Crippen molar-refractivity contribution in [1.82, 2.24) is 0 Å². The van der Waals surface area contributed by atoms with Gasteiger partial charge in [-0.2, -0.15) is 0 Å². The number of aliphatic carboxylic acids is 1. The number of carboxylic acid groups (broad SMARTS) is 1. The lowest BCUT2D eigenvalue weighted by Gasteiger charge is -2.07. The Balaban J connectivity index is 3.03. The van der Waals surface area contributed by atoms with Crippen LogP contribution < -0.4 is 0 Å². The molecule has 0 heterocycles. The van der Waals surface area contributed by atoms with Gasteiger partial charge in [0.1, 0.15) is 5.75 Å². The van der Waals surface area contributed by atoms with E-state index in [1.54, 1.807) is 19.1 Å². The molecule has 0 aromatic heterocycles. The lowest BCUT2D eigenvalue weighted by Crippen LogP contribution is -2.07. The summed E-state index contributed by atoms with van der Waals surface area (Å²) in [5.74, 6) is -1.21. The third-order valence-corrected chi connectivity index (χ3v) is 2.71. The minimum absolute atomic E-state index is 0.182. The molecule has 1 rings (SSSR count). The van der Waals surface area contributed by atoms with Crippen molar-refractivity contribution in [3.05, 3.63) is 27.3 Å². The minimum atomic E-state index is -0.860. The lowest BCUT2D eigenvalue weighted by atomic mass is 10.0. The van der Waals surface area contributed by atoms with Crippen LogP contribution in [0.3, 0.4) is 0 Å². The van der Waals surface area contributed by atoms with Crippen LogP contribution in [0.1, 0.15) is 18.4 Å². The Labute approximate surface area is 89.5 Å². The van der Waals surface area contributed by atoms with Gasteiger partial charge in [0.15, 0.2) is 0 Å². The van der Waals surface area contributed by atoms with Gasteiger partial charge in [0.05, 0.1) is 9.49 Å². The molecule has 0 amide bonds. The molecule has 70 valence electrons. The summed E-state index contributed by atoms with van der Waals surface area (Å²) in [7, 11) is 0. The van der Waals surface area contributed by atoms with Crippen LogP contribution in [0.4, 0.5) is 0 Å². The SMILES string of the molecule is CC(C(=O)O)c1ccc(O)c([125I])c1. The Morgan fingerprint density at radius 1 is 1.54 bits per heavy atom. The molecule has 1 atom stereocenters. The molecule has 0 aliphatic rings. The van der Waals surface area contributed by atoms with Crippen LogP contribution in [0.15, 0.2) is 18.2 Å². The molecular formula is C9H9IO3. The fraction of sp³-hybridized carbons (Fsp3) is 0.222. The number of hydrogen-bond donors (Lipinski definition) is 2. The first-order valence-electron chi connectivity index (χ1n) is 3.73. The van der Waals surface area contributed by atoms with E-state index >= 15 is 0 Å². The highest BCUT2D eigenvalue weighted by atomic mass is 125. The van der Waals surface area contributed by atoms with Gasteiger partial charge in [0.25, 0.3) is 0 Å². The summed E-state index contributed by atoms with van der Waals surface area (Å²) < 4.78 is 0.670. The van der Waals surface area contributed by atoms with E-state index in [0.717, 1.165) is 0 Å². The van der Waals surface area contributed by atoms with E-state index in [2.05, 4.69) is 0 Å². The van der Waals surface area contributed by atoms with Crippen LogP contribution in [0, 0.1) is 3.57 Å². The summed E-state index contributed by atoms with van der Waals surface area (Å²) in [6, 6.07) is 4.81. The van der Waals surface area contributed by atoms with E-state index < -0.39 is 11.9 Å². The zero-order valence-electron chi connectivity index (χ0n) is 6.99. The van der Waals surface area contributed by atoms with Crippen LogP contribution >= 0.6 is 22.6 Å². The van der Waals surface area contributed by atoms with Gasteiger partial charge in [0, 0.05) is 0 Å². The van der Waals surface area contributed by atoms with Gasteiger partial charge in [-0.05, 0) is 47.2 Å². The van der Waals surface area contributed by atoms with Crippen LogP contribution in [-0.4, -0.2) is 16.2 Å². The van der Waals surface area contributed by atoms with Crippen molar-refractivity contribution < 1.29 is 15.0 Å². The smallest absolute Gasteiger partial charge is 0.310 e. The summed E-state index contributed by atoms with van der Waals surface area (Å²) in [5, 5.41) is 17.9. The van der Waals surface area contributed by atoms with Crippen molar-refractivity contribution in [2.75, 3.05) is 0 Å². The number of halogens is 1. The Morgan fingerprint density at radius 3 is 2.62 bits per heavy atom. The number of rotatable bonds is 2. The number of hydrogen-bond acceptors (Lipinski definition) is 2. The van der Waals surface area contributed by atoms with Gasteiger partial charge in [-0.25, -0.2) is 0 Å². The lowest BCUT2D eigenvalue weighted by molar-refractivity contribution is -0.138. The average Bonchev–Trinajstić information content (AvgIpc) is 2.08. The van der Waals surface area contributed by atoms with Gasteiger partial charge in [0.2, 0.25) is 0 Å². The number of phenolic OH excluding ortho intramolecular Hbond substituents is 1. The van der Waals surface area contributed by atoms with Crippen LogP contribution in [0.2, 0.25) is 0 Å². The Morgan fingerprint density at radius 2 is 2.15 bits per heavy atom. The third-order valence-electron chi connectivity index (χ3n) is 1.84. The molecule has 4 heteroatoms. The van der Waals surface area contributed by atoms with Crippen molar-refractivity contribution >= 4 is 28.6 Å². The molecule has 0 aliphatic heterocycles. The van der Waals surface area contributed by atoms with Crippen molar-refractivity contribution in [1.29, 1.82) is 0 Å². The molecule has 2 N–H and O–H groups in total. The van der Waals surface area contributed by atoms with Crippen LogP contribution in [0.25, 0.3) is 0 Å². The summed E-state index contributed by atoms with van der Waals surface area (Å²) in [6.45, 7) is 1.62. The fourth-order valence-corrected chi connectivity index (χ4v) is 1.47. The van der Waals surface area contributed by atoms with Gasteiger partial charge < -0.3 is 10.2 Å².